The van der Waals surface area contributed by atoms with E-state index in [4.69, 9.17) is 5.73 Å². The van der Waals surface area contributed by atoms with Gasteiger partial charge < -0.3 is 11.1 Å². The van der Waals surface area contributed by atoms with Crippen LogP contribution in [0.2, 0.25) is 0 Å². The Hall–Kier alpha value is -2.21. The van der Waals surface area contributed by atoms with Crippen LogP contribution >= 0.6 is 0 Å². The average molecular weight is 287 g/mol. The summed E-state index contributed by atoms with van der Waals surface area (Å²) >= 11 is 0. The number of carbonyl (C=O) groups excluding carboxylic acids is 1. The number of amides is 1. The Morgan fingerprint density at radius 2 is 1.95 bits per heavy atom. The van der Waals surface area contributed by atoms with E-state index in [0.717, 1.165) is 0 Å². The molecule has 6 heteroatoms. The lowest BCUT2D eigenvalue weighted by Crippen LogP contribution is -2.53. The second-order valence-corrected chi connectivity index (χ2v) is 6.13. The van der Waals surface area contributed by atoms with E-state index in [9.17, 15) is 4.79 Å². The lowest BCUT2D eigenvalue weighted by Gasteiger charge is -2.36. The van der Waals surface area contributed by atoms with Crippen molar-refractivity contribution in [3.63, 3.8) is 0 Å². The Balaban J connectivity index is 2.31. The van der Waals surface area contributed by atoms with E-state index in [1.54, 1.807) is 41.5 Å². The van der Waals surface area contributed by atoms with Crippen molar-refractivity contribution in [3.8, 4) is 5.82 Å². The maximum Gasteiger partial charge on any atom is 0.231 e. The Labute approximate surface area is 124 Å². The van der Waals surface area contributed by atoms with Crippen molar-refractivity contribution in [3.05, 3.63) is 36.8 Å². The van der Waals surface area contributed by atoms with E-state index in [0.29, 0.717) is 11.5 Å². The molecular weight excluding hydrogens is 266 g/mol. The predicted molar refractivity (Wildman–Crippen MR) is 82.0 cm³/mol. The molecule has 0 fully saturated rings. The molecule has 0 aromatic carbocycles. The van der Waals surface area contributed by atoms with Gasteiger partial charge in [-0.25, -0.2) is 9.67 Å². The minimum Gasteiger partial charge on any atom is -0.325 e. The second kappa shape index (κ2) is 5.29. The summed E-state index contributed by atoms with van der Waals surface area (Å²) in [5, 5.41) is 7.05. The van der Waals surface area contributed by atoms with Crippen molar-refractivity contribution < 1.29 is 4.79 Å². The monoisotopic (exact) mass is 287 g/mol. The van der Waals surface area contributed by atoms with Crippen molar-refractivity contribution in [2.24, 2.45) is 11.1 Å². The van der Waals surface area contributed by atoms with Gasteiger partial charge in [0.25, 0.3) is 0 Å². The van der Waals surface area contributed by atoms with Gasteiger partial charge >= 0.3 is 0 Å². The van der Waals surface area contributed by atoms with Gasteiger partial charge in [0.05, 0.1) is 11.1 Å². The highest BCUT2D eigenvalue weighted by Gasteiger charge is 2.40. The second-order valence-electron chi connectivity index (χ2n) is 6.13. The molecule has 0 saturated carbocycles. The van der Waals surface area contributed by atoms with Gasteiger partial charge in [0.2, 0.25) is 5.91 Å². The Morgan fingerprint density at radius 1 is 1.24 bits per heavy atom. The molecule has 3 N–H and O–H groups in total. The van der Waals surface area contributed by atoms with Crippen molar-refractivity contribution in [1.29, 1.82) is 0 Å². The van der Waals surface area contributed by atoms with Crippen molar-refractivity contribution in [2.75, 3.05) is 5.32 Å². The van der Waals surface area contributed by atoms with Crippen molar-refractivity contribution >= 4 is 11.6 Å². The van der Waals surface area contributed by atoms with Crippen molar-refractivity contribution in [1.82, 2.24) is 14.8 Å². The maximum atomic E-state index is 12.6. The molecule has 0 spiro atoms. The number of anilines is 1. The summed E-state index contributed by atoms with van der Waals surface area (Å²) in [5.41, 5.74) is 5.33. The number of hydrogen-bond acceptors (Lipinski definition) is 4. The largest absolute Gasteiger partial charge is 0.325 e. The zero-order valence-corrected chi connectivity index (χ0v) is 12.8. The number of nitrogens with one attached hydrogen (secondary N) is 1. The van der Waals surface area contributed by atoms with Gasteiger partial charge in [0.15, 0.2) is 5.82 Å². The van der Waals surface area contributed by atoms with Crippen LogP contribution in [0, 0.1) is 5.41 Å². The lowest BCUT2D eigenvalue weighted by atomic mass is 9.74. The standard InChI is InChI=1S/C15H21N5O/c1-14(2,15(3,4)16)13(21)19-11-7-5-8-17-12(11)20-10-6-9-18-20/h5-10H,16H2,1-4H3,(H,19,21). The van der Waals surface area contributed by atoms with Gasteiger partial charge in [-0.15, -0.1) is 0 Å². The number of nitrogens with two attached hydrogens (primary N) is 1. The van der Waals surface area contributed by atoms with E-state index in [-0.39, 0.29) is 5.91 Å². The molecule has 0 atom stereocenters. The smallest absolute Gasteiger partial charge is 0.231 e. The molecule has 0 radical (unpaired) electrons. The first kappa shape index (κ1) is 15.2. The molecule has 2 aromatic heterocycles. The number of aromatic nitrogens is 3. The van der Waals surface area contributed by atoms with Crippen LogP contribution in [-0.2, 0) is 4.79 Å². The van der Waals surface area contributed by atoms with Gasteiger partial charge in [-0.1, -0.05) is 0 Å². The highest BCUT2D eigenvalue weighted by Crippen LogP contribution is 2.30. The fraction of sp³-hybridized carbons (Fsp3) is 0.400. The number of nitrogens with zero attached hydrogens (tertiary/aromatic N) is 3. The van der Waals surface area contributed by atoms with Crippen LogP contribution in [0.4, 0.5) is 5.69 Å². The summed E-state index contributed by atoms with van der Waals surface area (Å²) in [6.45, 7) is 7.33. The summed E-state index contributed by atoms with van der Waals surface area (Å²) in [5.74, 6) is 0.415. The highest BCUT2D eigenvalue weighted by atomic mass is 16.2. The number of pyridine rings is 1. The van der Waals surface area contributed by atoms with Crippen LogP contribution in [0.1, 0.15) is 27.7 Å². The first-order valence-corrected chi connectivity index (χ1v) is 6.79. The number of rotatable bonds is 4. The molecule has 0 bridgehead atoms. The molecule has 21 heavy (non-hydrogen) atoms. The van der Waals surface area contributed by atoms with Crippen LogP contribution in [0.25, 0.3) is 5.82 Å². The Kier molecular flexibility index (Phi) is 3.82. The predicted octanol–water partition coefficient (Wildman–Crippen LogP) is 1.97. The fourth-order valence-corrected chi connectivity index (χ4v) is 1.64. The Morgan fingerprint density at radius 3 is 2.52 bits per heavy atom. The summed E-state index contributed by atoms with van der Waals surface area (Å²) in [6.07, 6.45) is 5.09. The highest BCUT2D eigenvalue weighted by molar-refractivity contribution is 5.97. The van der Waals surface area contributed by atoms with Crippen LogP contribution in [0.15, 0.2) is 36.8 Å². The third-order valence-electron chi connectivity index (χ3n) is 3.93. The van der Waals surface area contributed by atoms with Crippen LogP contribution in [0.5, 0.6) is 0 Å². The fourth-order valence-electron chi connectivity index (χ4n) is 1.64. The van der Waals surface area contributed by atoms with Gasteiger partial charge in [0.1, 0.15) is 0 Å². The molecule has 2 heterocycles. The molecule has 2 rings (SSSR count). The topological polar surface area (TPSA) is 85.8 Å². The van der Waals surface area contributed by atoms with E-state index in [1.807, 2.05) is 27.7 Å². The van der Waals surface area contributed by atoms with Crippen LogP contribution < -0.4 is 11.1 Å². The van der Waals surface area contributed by atoms with Gasteiger partial charge in [-0.2, -0.15) is 5.10 Å². The molecule has 112 valence electrons. The summed E-state index contributed by atoms with van der Waals surface area (Å²) in [6, 6.07) is 5.36. The number of hydrogen-bond donors (Lipinski definition) is 2. The molecule has 0 unspecified atom stereocenters. The van der Waals surface area contributed by atoms with Crippen LogP contribution in [-0.4, -0.2) is 26.2 Å². The van der Waals surface area contributed by atoms with Gasteiger partial charge in [0, 0.05) is 24.1 Å². The first-order valence-electron chi connectivity index (χ1n) is 6.79. The lowest BCUT2D eigenvalue weighted by molar-refractivity contribution is -0.126. The summed E-state index contributed by atoms with van der Waals surface area (Å²) < 4.78 is 1.61. The Bertz CT molecular complexity index is 626. The first-order chi connectivity index (χ1) is 9.73. The van der Waals surface area contributed by atoms with Crippen molar-refractivity contribution in [2.45, 2.75) is 33.2 Å². The maximum absolute atomic E-state index is 12.6. The van der Waals surface area contributed by atoms with E-state index < -0.39 is 11.0 Å². The van der Waals surface area contributed by atoms with Crippen LogP contribution in [0.3, 0.4) is 0 Å². The van der Waals surface area contributed by atoms with Gasteiger partial charge in [-0.3, -0.25) is 4.79 Å². The van der Waals surface area contributed by atoms with E-state index in [2.05, 4.69) is 15.4 Å². The average Bonchev–Trinajstić information content (AvgIpc) is 2.91. The molecule has 6 nitrogen and oxygen atoms in total. The molecule has 2 aromatic rings. The van der Waals surface area contributed by atoms with Gasteiger partial charge in [-0.05, 0) is 45.9 Å². The number of carbonyl (C=O) groups is 1. The molecule has 1 amide bonds. The normalized spacial score (nSPS) is 12.2. The third kappa shape index (κ3) is 2.95. The van der Waals surface area contributed by atoms with E-state index >= 15 is 0 Å². The minimum atomic E-state index is -0.732. The summed E-state index contributed by atoms with van der Waals surface area (Å²) in [7, 11) is 0. The SMILES string of the molecule is CC(C)(N)C(C)(C)C(=O)Nc1cccnc1-n1cccn1. The minimum absolute atomic E-state index is 0.156. The molecule has 0 aliphatic carbocycles. The third-order valence-corrected chi connectivity index (χ3v) is 3.93. The molecule has 0 saturated heterocycles. The quantitative estimate of drug-likeness (QED) is 0.900. The zero-order chi connectivity index (χ0) is 15.7. The zero-order valence-electron chi connectivity index (χ0n) is 12.8. The molecule has 0 aliphatic heterocycles. The summed E-state index contributed by atoms with van der Waals surface area (Å²) in [4.78, 5) is 16.8. The molecular formula is C15H21N5O. The van der Waals surface area contributed by atoms with E-state index in [1.165, 1.54) is 0 Å². The molecule has 0 aliphatic rings.